The molecule has 0 N–H and O–H groups in total. The third-order valence-electron chi connectivity index (χ3n) is 3.20. The molecule has 0 aliphatic heterocycles. The molecule has 0 fully saturated rings. The van der Waals surface area contributed by atoms with Gasteiger partial charge in [0.2, 0.25) is 0 Å². The van der Waals surface area contributed by atoms with Crippen molar-refractivity contribution in [3.63, 3.8) is 0 Å². The highest BCUT2D eigenvalue weighted by Crippen LogP contribution is 2.36. The maximum absolute atomic E-state index is 13.0. The quantitative estimate of drug-likeness (QED) is 0.640. The molecule has 0 heterocycles. The predicted octanol–water partition coefficient (Wildman–Crippen LogP) is 5.45. The maximum atomic E-state index is 13.0. The fourth-order valence-electron chi connectivity index (χ4n) is 2.21. The summed E-state index contributed by atoms with van der Waals surface area (Å²) in [5.41, 5.74) is 3.26. The summed E-state index contributed by atoms with van der Waals surface area (Å²) in [6.45, 7) is 6.50. The SMILES string of the molecule is CC(C)(C)c1ccccc1C(Cl)c1ccc(F)cc1. The Kier molecular flexibility index (Phi) is 3.96. The van der Waals surface area contributed by atoms with Crippen LogP contribution in [0.4, 0.5) is 4.39 Å². The van der Waals surface area contributed by atoms with Crippen LogP contribution in [-0.4, -0.2) is 0 Å². The summed E-state index contributed by atoms with van der Waals surface area (Å²) in [5.74, 6) is -0.239. The van der Waals surface area contributed by atoms with E-state index in [0.717, 1.165) is 11.1 Å². The van der Waals surface area contributed by atoms with Crippen molar-refractivity contribution in [3.05, 3.63) is 71.0 Å². The van der Waals surface area contributed by atoms with Crippen LogP contribution < -0.4 is 0 Å². The van der Waals surface area contributed by atoms with E-state index in [0.29, 0.717) is 0 Å². The minimum Gasteiger partial charge on any atom is -0.207 e. The van der Waals surface area contributed by atoms with Gasteiger partial charge in [0, 0.05) is 0 Å². The predicted molar refractivity (Wildman–Crippen MR) is 79.2 cm³/mol. The second-order valence-corrected chi connectivity index (χ2v) is 6.19. The lowest BCUT2D eigenvalue weighted by molar-refractivity contribution is 0.583. The molecule has 0 nitrogen and oxygen atoms in total. The van der Waals surface area contributed by atoms with E-state index in [9.17, 15) is 4.39 Å². The Balaban J connectivity index is 2.44. The molecule has 2 rings (SSSR count). The molecule has 2 heteroatoms. The second kappa shape index (κ2) is 5.34. The van der Waals surface area contributed by atoms with Crippen molar-refractivity contribution in [1.29, 1.82) is 0 Å². The van der Waals surface area contributed by atoms with Crippen molar-refractivity contribution in [3.8, 4) is 0 Å². The Morgan fingerprint density at radius 3 is 2.11 bits per heavy atom. The first-order valence-corrected chi connectivity index (χ1v) is 6.82. The van der Waals surface area contributed by atoms with E-state index in [1.54, 1.807) is 12.1 Å². The largest absolute Gasteiger partial charge is 0.207 e. The van der Waals surface area contributed by atoms with Gasteiger partial charge in [-0.25, -0.2) is 4.39 Å². The van der Waals surface area contributed by atoms with Crippen molar-refractivity contribution in [2.24, 2.45) is 0 Å². The van der Waals surface area contributed by atoms with Crippen molar-refractivity contribution < 1.29 is 4.39 Å². The summed E-state index contributed by atoms with van der Waals surface area (Å²) in [6, 6.07) is 14.5. The highest BCUT2D eigenvalue weighted by molar-refractivity contribution is 6.22. The molecule has 1 unspecified atom stereocenters. The molecule has 0 spiro atoms. The Labute approximate surface area is 119 Å². The number of benzene rings is 2. The molecule has 2 aromatic carbocycles. The van der Waals surface area contributed by atoms with Gasteiger partial charge in [-0.1, -0.05) is 57.2 Å². The van der Waals surface area contributed by atoms with E-state index >= 15 is 0 Å². The molecular weight excluding hydrogens is 259 g/mol. The van der Waals surface area contributed by atoms with Gasteiger partial charge < -0.3 is 0 Å². The zero-order valence-corrected chi connectivity index (χ0v) is 12.2. The molecule has 19 heavy (non-hydrogen) atoms. The van der Waals surface area contributed by atoms with Gasteiger partial charge >= 0.3 is 0 Å². The standard InChI is InChI=1S/C17H18ClF/c1-17(2,3)15-7-5-4-6-14(15)16(18)12-8-10-13(19)11-9-12/h4-11,16H,1-3H3. The fraction of sp³-hybridized carbons (Fsp3) is 0.294. The van der Waals surface area contributed by atoms with E-state index < -0.39 is 0 Å². The Morgan fingerprint density at radius 1 is 0.947 bits per heavy atom. The van der Waals surface area contributed by atoms with Crippen LogP contribution in [0.1, 0.15) is 42.8 Å². The van der Waals surface area contributed by atoms with E-state index in [1.807, 2.05) is 18.2 Å². The summed E-state index contributed by atoms with van der Waals surface area (Å²) in [6.07, 6.45) is 0. The number of halogens is 2. The summed E-state index contributed by atoms with van der Waals surface area (Å²) in [4.78, 5) is 0. The van der Waals surface area contributed by atoms with Gasteiger partial charge in [-0.2, -0.15) is 0 Å². The van der Waals surface area contributed by atoms with Crippen molar-refractivity contribution in [2.75, 3.05) is 0 Å². The van der Waals surface area contributed by atoms with Crippen molar-refractivity contribution in [2.45, 2.75) is 31.6 Å². The third-order valence-corrected chi connectivity index (χ3v) is 3.69. The lowest BCUT2D eigenvalue weighted by Gasteiger charge is -2.25. The van der Waals surface area contributed by atoms with Gasteiger partial charge in [0.25, 0.3) is 0 Å². The number of rotatable bonds is 2. The molecule has 0 amide bonds. The van der Waals surface area contributed by atoms with Gasteiger partial charge in [-0.3, -0.25) is 0 Å². The van der Waals surface area contributed by atoms with Crippen LogP contribution in [0.15, 0.2) is 48.5 Å². The minimum atomic E-state index is -0.254. The van der Waals surface area contributed by atoms with E-state index in [-0.39, 0.29) is 16.6 Å². The Hall–Kier alpha value is -1.34. The summed E-state index contributed by atoms with van der Waals surface area (Å²) in [5, 5.41) is -0.254. The van der Waals surface area contributed by atoms with Crippen LogP contribution in [0, 0.1) is 5.82 Å². The molecule has 0 radical (unpaired) electrons. The molecular formula is C17H18ClF. The molecule has 0 saturated heterocycles. The lowest BCUT2D eigenvalue weighted by Crippen LogP contribution is -2.15. The van der Waals surface area contributed by atoms with Gasteiger partial charge in [0.15, 0.2) is 0 Å². The monoisotopic (exact) mass is 276 g/mol. The summed E-state index contributed by atoms with van der Waals surface area (Å²) < 4.78 is 13.0. The van der Waals surface area contributed by atoms with E-state index in [4.69, 9.17) is 11.6 Å². The Bertz CT molecular complexity index is 552. The first kappa shape index (κ1) is 14.1. The smallest absolute Gasteiger partial charge is 0.123 e. The van der Waals surface area contributed by atoms with E-state index in [1.165, 1.54) is 17.7 Å². The average Bonchev–Trinajstić information content (AvgIpc) is 2.38. The third kappa shape index (κ3) is 3.16. The highest BCUT2D eigenvalue weighted by atomic mass is 35.5. The summed E-state index contributed by atoms with van der Waals surface area (Å²) >= 11 is 6.57. The zero-order valence-electron chi connectivity index (χ0n) is 11.5. The average molecular weight is 277 g/mol. The fourth-order valence-corrected chi connectivity index (χ4v) is 2.55. The first-order chi connectivity index (χ1) is 8.89. The van der Waals surface area contributed by atoms with Crippen LogP contribution in [0.2, 0.25) is 0 Å². The molecule has 0 saturated carbocycles. The van der Waals surface area contributed by atoms with Crippen LogP contribution in [-0.2, 0) is 5.41 Å². The van der Waals surface area contributed by atoms with Crippen molar-refractivity contribution in [1.82, 2.24) is 0 Å². The Morgan fingerprint density at radius 2 is 1.53 bits per heavy atom. The van der Waals surface area contributed by atoms with Gasteiger partial charge in [0.05, 0.1) is 5.38 Å². The van der Waals surface area contributed by atoms with Gasteiger partial charge in [0.1, 0.15) is 5.82 Å². The molecule has 0 aliphatic carbocycles. The molecule has 0 aliphatic rings. The van der Waals surface area contributed by atoms with Crippen molar-refractivity contribution >= 4 is 11.6 Å². The number of hydrogen-bond acceptors (Lipinski definition) is 0. The second-order valence-electron chi connectivity index (χ2n) is 5.75. The van der Waals surface area contributed by atoms with E-state index in [2.05, 4.69) is 26.8 Å². The normalized spacial score (nSPS) is 13.3. The molecule has 100 valence electrons. The van der Waals surface area contributed by atoms with Gasteiger partial charge in [-0.05, 0) is 34.2 Å². The molecule has 1 atom stereocenters. The zero-order chi connectivity index (χ0) is 14.0. The van der Waals surface area contributed by atoms with Crippen LogP contribution in [0.5, 0.6) is 0 Å². The van der Waals surface area contributed by atoms with Crippen LogP contribution >= 0.6 is 11.6 Å². The minimum absolute atomic E-state index is 0.0315. The molecule has 2 aromatic rings. The molecule has 0 aromatic heterocycles. The van der Waals surface area contributed by atoms with Gasteiger partial charge in [-0.15, -0.1) is 11.6 Å². The molecule has 0 bridgehead atoms. The number of alkyl halides is 1. The van der Waals surface area contributed by atoms with Crippen LogP contribution in [0.3, 0.4) is 0 Å². The lowest BCUT2D eigenvalue weighted by atomic mass is 9.82. The first-order valence-electron chi connectivity index (χ1n) is 6.38. The summed E-state index contributed by atoms with van der Waals surface area (Å²) in [7, 11) is 0. The topological polar surface area (TPSA) is 0 Å². The van der Waals surface area contributed by atoms with Crippen LogP contribution in [0.25, 0.3) is 0 Å². The highest BCUT2D eigenvalue weighted by Gasteiger charge is 2.22. The maximum Gasteiger partial charge on any atom is 0.123 e. The number of hydrogen-bond donors (Lipinski definition) is 0.